The van der Waals surface area contributed by atoms with Crippen LogP contribution in [-0.4, -0.2) is 38.7 Å². The molecule has 0 aliphatic carbocycles. The van der Waals surface area contributed by atoms with Crippen molar-refractivity contribution in [3.05, 3.63) is 53.9 Å². The molecule has 0 saturated heterocycles. The van der Waals surface area contributed by atoms with Crippen molar-refractivity contribution in [1.29, 1.82) is 0 Å². The summed E-state index contributed by atoms with van der Waals surface area (Å²) < 4.78 is 6.72. The average molecular weight is 349 g/mol. The van der Waals surface area contributed by atoms with Gasteiger partial charge in [-0.25, -0.2) is 9.59 Å². The Labute approximate surface area is 144 Å². The number of nitrogens with zero attached hydrogens (tertiary/aromatic N) is 2. The predicted molar refractivity (Wildman–Crippen MR) is 90.6 cm³/mol. The number of alkyl carbamates (subject to hydrolysis) is 1. The van der Waals surface area contributed by atoms with E-state index in [1.54, 1.807) is 4.68 Å². The number of carboxylic acid groups (broad SMARTS) is 1. The molecule has 2 aromatic rings. The first-order chi connectivity index (χ1) is 11.5. The van der Waals surface area contributed by atoms with E-state index >= 15 is 0 Å². The maximum atomic E-state index is 11.7. The molecule has 1 heterocycles. The van der Waals surface area contributed by atoms with Gasteiger partial charge in [-0.05, 0) is 11.6 Å². The Morgan fingerprint density at radius 3 is 2.71 bits per heavy atom. The van der Waals surface area contributed by atoms with Gasteiger partial charge in [0.25, 0.3) is 0 Å². The highest BCUT2D eigenvalue weighted by Gasteiger charge is 2.20. The van der Waals surface area contributed by atoms with Gasteiger partial charge < -0.3 is 15.2 Å². The number of aromatic nitrogens is 2. The number of carbonyl (C=O) groups is 2. The summed E-state index contributed by atoms with van der Waals surface area (Å²) >= 11 is 1.39. The second-order valence-corrected chi connectivity index (χ2v) is 6.12. The van der Waals surface area contributed by atoms with Crippen molar-refractivity contribution in [3.8, 4) is 0 Å². The molecular weight excluding hydrogens is 330 g/mol. The van der Waals surface area contributed by atoms with Gasteiger partial charge in [0.15, 0.2) is 0 Å². The van der Waals surface area contributed by atoms with Crippen LogP contribution < -0.4 is 5.32 Å². The lowest BCUT2D eigenvalue weighted by Gasteiger charge is -2.14. The van der Waals surface area contributed by atoms with Gasteiger partial charge in [0.1, 0.15) is 12.6 Å². The lowest BCUT2D eigenvalue weighted by atomic mass is 10.2. The molecule has 0 spiro atoms. The molecule has 0 radical (unpaired) electrons. The normalized spacial score (nSPS) is 11.7. The molecule has 1 unspecified atom stereocenters. The van der Waals surface area contributed by atoms with E-state index in [0.29, 0.717) is 5.75 Å². The molecule has 24 heavy (non-hydrogen) atoms. The van der Waals surface area contributed by atoms with Crippen LogP contribution in [0.5, 0.6) is 0 Å². The van der Waals surface area contributed by atoms with Gasteiger partial charge in [-0.2, -0.15) is 16.9 Å². The Hall–Kier alpha value is -2.48. The standard InChI is InChI=1S/C16H19N3O4S/c1-19-8-7-13(18-19)10-24-11-14(15(20)21)17-16(22)23-9-12-5-3-2-4-6-12/h2-8,14H,9-11H2,1H3,(H,17,22)(H,20,21). The summed E-state index contributed by atoms with van der Waals surface area (Å²) in [6, 6.07) is 10.0. The fourth-order valence-corrected chi connectivity index (χ4v) is 2.85. The molecule has 1 aromatic carbocycles. The minimum Gasteiger partial charge on any atom is -0.480 e. The molecular formula is C16H19N3O4S. The monoisotopic (exact) mass is 349 g/mol. The van der Waals surface area contributed by atoms with E-state index < -0.39 is 18.1 Å². The van der Waals surface area contributed by atoms with Crippen LogP contribution in [0.4, 0.5) is 4.79 Å². The van der Waals surface area contributed by atoms with Crippen LogP contribution in [0.2, 0.25) is 0 Å². The second-order valence-electron chi connectivity index (χ2n) is 5.09. The predicted octanol–water partition coefficient (Wildman–Crippen LogP) is 2.03. The number of aryl methyl sites for hydroxylation is 1. The third-order valence-electron chi connectivity index (χ3n) is 3.11. The minimum atomic E-state index is -1.10. The largest absolute Gasteiger partial charge is 0.480 e. The van der Waals surface area contributed by atoms with E-state index in [-0.39, 0.29) is 12.4 Å². The SMILES string of the molecule is Cn1ccc(CSCC(NC(=O)OCc2ccccc2)C(=O)O)n1. The Balaban J connectivity index is 1.75. The first-order valence-corrected chi connectivity index (χ1v) is 8.46. The highest BCUT2D eigenvalue weighted by molar-refractivity contribution is 7.98. The van der Waals surface area contributed by atoms with Gasteiger partial charge in [0.2, 0.25) is 0 Å². The van der Waals surface area contributed by atoms with Crippen LogP contribution in [0.1, 0.15) is 11.3 Å². The molecule has 0 saturated carbocycles. The zero-order valence-electron chi connectivity index (χ0n) is 13.2. The number of rotatable bonds is 8. The van der Waals surface area contributed by atoms with Crippen LogP contribution in [0.15, 0.2) is 42.6 Å². The number of carboxylic acids is 1. The maximum Gasteiger partial charge on any atom is 0.408 e. The van der Waals surface area contributed by atoms with Gasteiger partial charge >= 0.3 is 12.1 Å². The lowest BCUT2D eigenvalue weighted by Crippen LogP contribution is -2.42. The van der Waals surface area contributed by atoms with Crippen molar-refractivity contribution in [3.63, 3.8) is 0 Å². The fourth-order valence-electron chi connectivity index (χ4n) is 1.90. The highest BCUT2D eigenvalue weighted by Crippen LogP contribution is 2.11. The number of benzene rings is 1. The van der Waals surface area contributed by atoms with Crippen LogP contribution >= 0.6 is 11.8 Å². The fraction of sp³-hybridized carbons (Fsp3) is 0.312. The van der Waals surface area contributed by atoms with Gasteiger partial charge in [-0.15, -0.1) is 0 Å². The molecule has 0 aliphatic rings. The molecule has 128 valence electrons. The summed E-state index contributed by atoms with van der Waals surface area (Å²) in [5.41, 5.74) is 1.70. The first-order valence-electron chi connectivity index (χ1n) is 7.31. The topological polar surface area (TPSA) is 93.5 Å². The van der Waals surface area contributed by atoms with Crippen LogP contribution in [0.25, 0.3) is 0 Å². The molecule has 7 nitrogen and oxygen atoms in total. The zero-order chi connectivity index (χ0) is 17.4. The number of nitrogens with one attached hydrogen (secondary N) is 1. The van der Waals surface area contributed by atoms with Crippen LogP contribution in [-0.2, 0) is 28.9 Å². The van der Waals surface area contributed by atoms with E-state index in [1.165, 1.54) is 11.8 Å². The smallest absolute Gasteiger partial charge is 0.408 e. The summed E-state index contributed by atoms with van der Waals surface area (Å²) in [6.45, 7) is 0.0973. The molecule has 1 aromatic heterocycles. The third-order valence-corrected chi connectivity index (χ3v) is 4.18. The van der Waals surface area contributed by atoms with E-state index in [0.717, 1.165) is 11.3 Å². The quantitative estimate of drug-likeness (QED) is 0.757. The number of amides is 1. The first kappa shape index (κ1) is 17.9. The van der Waals surface area contributed by atoms with E-state index in [4.69, 9.17) is 4.74 Å². The summed E-state index contributed by atoms with van der Waals surface area (Å²) in [6.07, 6.45) is 1.08. The van der Waals surface area contributed by atoms with Gasteiger partial charge in [-0.1, -0.05) is 30.3 Å². The van der Waals surface area contributed by atoms with Crippen LogP contribution in [0.3, 0.4) is 0 Å². The van der Waals surface area contributed by atoms with Crippen molar-refractivity contribution in [2.45, 2.75) is 18.4 Å². The van der Waals surface area contributed by atoms with Gasteiger partial charge in [-0.3, -0.25) is 4.68 Å². The van der Waals surface area contributed by atoms with E-state index in [1.807, 2.05) is 49.6 Å². The Morgan fingerprint density at radius 1 is 1.33 bits per heavy atom. The van der Waals surface area contributed by atoms with E-state index in [2.05, 4.69) is 10.4 Å². The number of hydrogen-bond acceptors (Lipinski definition) is 5. The minimum absolute atomic E-state index is 0.0973. The van der Waals surface area contributed by atoms with E-state index in [9.17, 15) is 14.7 Å². The van der Waals surface area contributed by atoms with Gasteiger partial charge in [0, 0.05) is 24.8 Å². The van der Waals surface area contributed by atoms with Crippen molar-refractivity contribution < 1.29 is 19.4 Å². The van der Waals surface area contributed by atoms with Crippen molar-refractivity contribution in [2.75, 3.05) is 5.75 Å². The number of carbonyl (C=O) groups excluding carboxylic acids is 1. The Kier molecular flexibility index (Phi) is 6.68. The number of aliphatic carboxylic acids is 1. The van der Waals surface area contributed by atoms with Crippen molar-refractivity contribution in [1.82, 2.24) is 15.1 Å². The van der Waals surface area contributed by atoms with Crippen molar-refractivity contribution >= 4 is 23.8 Å². The highest BCUT2D eigenvalue weighted by atomic mass is 32.2. The number of ether oxygens (including phenoxy) is 1. The molecule has 8 heteroatoms. The number of hydrogen-bond donors (Lipinski definition) is 2. The molecule has 0 bridgehead atoms. The molecule has 2 rings (SSSR count). The van der Waals surface area contributed by atoms with Crippen molar-refractivity contribution in [2.24, 2.45) is 7.05 Å². The third kappa shape index (κ3) is 5.96. The maximum absolute atomic E-state index is 11.7. The molecule has 2 N–H and O–H groups in total. The Bertz CT molecular complexity index is 675. The van der Waals surface area contributed by atoms with Crippen LogP contribution in [0, 0.1) is 0 Å². The summed E-state index contributed by atoms with van der Waals surface area (Å²) in [5, 5.41) is 15.8. The average Bonchev–Trinajstić information content (AvgIpc) is 2.98. The Morgan fingerprint density at radius 2 is 2.08 bits per heavy atom. The summed E-state index contributed by atoms with van der Waals surface area (Å²) in [4.78, 5) is 23.0. The van der Waals surface area contributed by atoms with Gasteiger partial charge in [0.05, 0.1) is 5.69 Å². The summed E-state index contributed by atoms with van der Waals surface area (Å²) in [5.74, 6) is -0.294. The summed E-state index contributed by atoms with van der Waals surface area (Å²) in [7, 11) is 1.82. The second kappa shape index (κ2) is 8.97. The molecule has 1 atom stereocenters. The molecule has 1 amide bonds. The molecule has 0 aliphatic heterocycles. The zero-order valence-corrected chi connectivity index (χ0v) is 14.0. The number of thioether (sulfide) groups is 1. The lowest BCUT2D eigenvalue weighted by molar-refractivity contribution is -0.138. The molecule has 0 fully saturated rings.